The van der Waals surface area contributed by atoms with Crippen LogP contribution in [0.4, 0.5) is 0 Å². The van der Waals surface area contributed by atoms with Gasteiger partial charge >= 0.3 is 0 Å². The van der Waals surface area contributed by atoms with E-state index in [0.29, 0.717) is 18.1 Å². The maximum atomic E-state index is 11.5. The topological polar surface area (TPSA) is 86.2 Å². The van der Waals surface area contributed by atoms with E-state index in [1.54, 1.807) is 12.1 Å². The summed E-state index contributed by atoms with van der Waals surface area (Å²) in [4.78, 5) is 4.90. The van der Waals surface area contributed by atoms with E-state index in [0.717, 1.165) is 36.1 Å². The highest BCUT2D eigenvalue weighted by Crippen LogP contribution is 2.36. The lowest BCUT2D eigenvalue weighted by molar-refractivity contribution is 0.518. The van der Waals surface area contributed by atoms with E-state index in [9.17, 15) is 8.42 Å². The Labute approximate surface area is 165 Å². The first-order valence-electron chi connectivity index (χ1n) is 9.34. The minimum atomic E-state index is -3.73. The van der Waals surface area contributed by atoms with Gasteiger partial charge in [-0.25, -0.2) is 18.5 Å². The number of sulfonamides is 1. The first kappa shape index (κ1) is 18.7. The number of hydrogen-bond acceptors (Lipinski definition) is 4. The van der Waals surface area contributed by atoms with Gasteiger partial charge in [0.2, 0.25) is 10.0 Å². The Hall–Kier alpha value is -2.70. The fourth-order valence-corrected chi connectivity index (χ4v) is 4.03. The third-order valence-electron chi connectivity index (χ3n) is 4.95. The van der Waals surface area contributed by atoms with Gasteiger partial charge in [0.05, 0.1) is 10.6 Å². The Bertz CT molecular complexity index is 1080. The van der Waals surface area contributed by atoms with Crippen molar-refractivity contribution in [2.24, 2.45) is 5.14 Å². The number of nitrogens with two attached hydrogens (primary N) is 1. The molecule has 144 valence electrons. The minimum absolute atomic E-state index is 0.0828. The second kappa shape index (κ2) is 7.73. The van der Waals surface area contributed by atoms with Crippen LogP contribution >= 0.6 is 0 Å². The highest BCUT2D eigenvalue weighted by atomic mass is 32.2. The number of nitrogens with zero attached hydrogens (tertiary/aromatic N) is 1. The molecule has 5 nitrogen and oxygen atoms in total. The van der Waals surface area contributed by atoms with Crippen molar-refractivity contribution >= 4 is 10.0 Å². The van der Waals surface area contributed by atoms with E-state index in [2.05, 4.69) is 12.2 Å². The first-order valence-corrected chi connectivity index (χ1v) is 10.9. The molecule has 1 unspecified atom stereocenters. The summed E-state index contributed by atoms with van der Waals surface area (Å²) in [5.74, 6) is 1.56. The summed E-state index contributed by atoms with van der Waals surface area (Å²) in [5, 5.41) is 5.21. The molecule has 28 heavy (non-hydrogen) atoms. The number of rotatable bonds is 5. The van der Waals surface area contributed by atoms with Gasteiger partial charge < -0.3 is 4.42 Å². The number of primary sulfonamides is 1. The SMILES string of the molecule is NS(=O)(=O)c1ccc(-c2oc(Cc3ccccc3)nc2C2C=CCCC2)cc1. The van der Waals surface area contributed by atoms with Crippen LogP contribution < -0.4 is 5.14 Å². The molecule has 1 atom stereocenters. The van der Waals surface area contributed by atoms with Crippen molar-refractivity contribution < 1.29 is 12.8 Å². The van der Waals surface area contributed by atoms with Crippen LogP contribution in [0.15, 0.2) is 76.1 Å². The molecular weight excluding hydrogens is 372 g/mol. The highest BCUT2D eigenvalue weighted by Gasteiger charge is 2.23. The van der Waals surface area contributed by atoms with Crippen molar-refractivity contribution in [3.8, 4) is 11.3 Å². The zero-order valence-corrected chi connectivity index (χ0v) is 16.2. The summed E-state index contributed by atoms with van der Waals surface area (Å²) < 4.78 is 29.2. The highest BCUT2D eigenvalue weighted by molar-refractivity contribution is 7.89. The minimum Gasteiger partial charge on any atom is -0.440 e. The molecule has 4 rings (SSSR count). The number of allylic oxidation sites excluding steroid dienone is 2. The van der Waals surface area contributed by atoms with E-state index in [1.807, 2.05) is 30.3 Å². The largest absolute Gasteiger partial charge is 0.440 e. The van der Waals surface area contributed by atoms with Gasteiger partial charge in [-0.05, 0) is 49.1 Å². The molecule has 0 spiro atoms. The van der Waals surface area contributed by atoms with Crippen molar-refractivity contribution in [3.05, 3.63) is 83.9 Å². The van der Waals surface area contributed by atoms with Gasteiger partial charge in [0.1, 0.15) is 0 Å². The third-order valence-corrected chi connectivity index (χ3v) is 5.88. The molecule has 1 aliphatic rings. The molecule has 3 aromatic rings. The van der Waals surface area contributed by atoms with Crippen molar-refractivity contribution in [2.45, 2.75) is 36.5 Å². The summed E-state index contributed by atoms with van der Waals surface area (Å²) in [6.07, 6.45) is 8.22. The molecule has 0 radical (unpaired) electrons. The van der Waals surface area contributed by atoms with Crippen LogP contribution in [-0.2, 0) is 16.4 Å². The summed E-state index contributed by atoms with van der Waals surface area (Å²) in [7, 11) is -3.73. The second-order valence-corrected chi connectivity index (χ2v) is 8.58. The molecule has 1 aromatic heterocycles. The molecular formula is C22H22N2O3S. The molecule has 0 saturated carbocycles. The summed E-state index contributed by atoms with van der Waals surface area (Å²) in [6.45, 7) is 0. The van der Waals surface area contributed by atoms with Gasteiger partial charge in [0.25, 0.3) is 0 Å². The van der Waals surface area contributed by atoms with E-state index >= 15 is 0 Å². The van der Waals surface area contributed by atoms with E-state index in [1.165, 1.54) is 12.1 Å². The fourth-order valence-electron chi connectivity index (χ4n) is 3.52. The Morgan fingerprint density at radius 1 is 1.07 bits per heavy atom. The third kappa shape index (κ3) is 4.08. The predicted octanol–water partition coefficient (Wildman–Crippen LogP) is 4.40. The van der Waals surface area contributed by atoms with Crippen LogP contribution in [0.3, 0.4) is 0 Å². The molecule has 1 heterocycles. The maximum Gasteiger partial charge on any atom is 0.238 e. The number of benzene rings is 2. The van der Waals surface area contributed by atoms with Gasteiger partial charge in [-0.1, -0.05) is 42.5 Å². The zero-order chi connectivity index (χ0) is 19.6. The molecule has 2 N–H and O–H groups in total. The lowest BCUT2D eigenvalue weighted by atomic mass is 9.91. The zero-order valence-electron chi connectivity index (χ0n) is 15.4. The van der Waals surface area contributed by atoms with Crippen LogP contribution in [0, 0.1) is 0 Å². The van der Waals surface area contributed by atoms with Gasteiger partial charge in [-0.2, -0.15) is 0 Å². The standard InChI is InChI=1S/C22H22N2O3S/c23-28(25,26)19-13-11-18(12-14-19)22-21(17-9-5-2-6-10-17)24-20(27-22)15-16-7-3-1-4-8-16/h1,3-5,7-9,11-14,17H,2,6,10,15H2,(H2,23,25,26). The normalized spacial score (nSPS) is 17.0. The first-order chi connectivity index (χ1) is 13.5. The van der Waals surface area contributed by atoms with Crippen LogP contribution in [-0.4, -0.2) is 13.4 Å². The van der Waals surface area contributed by atoms with E-state index < -0.39 is 10.0 Å². The van der Waals surface area contributed by atoms with Gasteiger partial charge in [-0.15, -0.1) is 0 Å². The number of oxazole rings is 1. The Balaban J connectivity index is 1.73. The maximum absolute atomic E-state index is 11.5. The van der Waals surface area contributed by atoms with Crippen LogP contribution in [0.1, 0.15) is 42.3 Å². The summed E-state index contributed by atoms with van der Waals surface area (Å²) in [6, 6.07) is 16.5. The monoisotopic (exact) mass is 394 g/mol. The quantitative estimate of drug-likeness (QED) is 0.650. The van der Waals surface area contributed by atoms with Gasteiger partial charge in [-0.3, -0.25) is 0 Å². The number of hydrogen-bond donors (Lipinski definition) is 1. The average Bonchev–Trinajstić information content (AvgIpc) is 3.13. The van der Waals surface area contributed by atoms with Crippen molar-refractivity contribution in [2.75, 3.05) is 0 Å². The Morgan fingerprint density at radius 3 is 2.46 bits per heavy atom. The van der Waals surface area contributed by atoms with Crippen molar-refractivity contribution in [1.82, 2.24) is 4.98 Å². The van der Waals surface area contributed by atoms with Crippen LogP contribution in [0.25, 0.3) is 11.3 Å². The fraction of sp³-hybridized carbons (Fsp3) is 0.227. The van der Waals surface area contributed by atoms with Crippen LogP contribution in [0.2, 0.25) is 0 Å². The van der Waals surface area contributed by atoms with E-state index in [4.69, 9.17) is 14.5 Å². The van der Waals surface area contributed by atoms with Crippen LogP contribution in [0.5, 0.6) is 0 Å². The Kier molecular flexibility index (Phi) is 5.15. The Morgan fingerprint density at radius 2 is 1.82 bits per heavy atom. The lowest BCUT2D eigenvalue weighted by Gasteiger charge is -2.15. The predicted molar refractivity (Wildman–Crippen MR) is 108 cm³/mol. The molecule has 0 aliphatic heterocycles. The number of aromatic nitrogens is 1. The molecule has 0 fully saturated rings. The van der Waals surface area contributed by atoms with Gasteiger partial charge in [0, 0.05) is 17.9 Å². The van der Waals surface area contributed by atoms with Gasteiger partial charge in [0.15, 0.2) is 11.7 Å². The molecule has 1 aliphatic carbocycles. The average molecular weight is 394 g/mol. The molecule has 0 bridgehead atoms. The lowest BCUT2D eigenvalue weighted by Crippen LogP contribution is -2.11. The summed E-state index contributed by atoms with van der Waals surface area (Å²) in [5.41, 5.74) is 2.84. The van der Waals surface area contributed by atoms with Crippen molar-refractivity contribution in [3.63, 3.8) is 0 Å². The molecule has 2 aromatic carbocycles. The second-order valence-electron chi connectivity index (χ2n) is 7.02. The molecule has 6 heteroatoms. The summed E-state index contributed by atoms with van der Waals surface area (Å²) >= 11 is 0. The molecule has 0 amide bonds. The molecule has 0 saturated heterocycles. The van der Waals surface area contributed by atoms with E-state index in [-0.39, 0.29) is 10.8 Å². The smallest absolute Gasteiger partial charge is 0.238 e. The van der Waals surface area contributed by atoms with Crippen molar-refractivity contribution in [1.29, 1.82) is 0 Å².